The topological polar surface area (TPSA) is 115 Å². The van der Waals surface area contributed by atoms with Gasteiger partial charge in [-0.1, -0.05) is 0 Å². The number of hydrogen-bond acceptors (Lipinski definition) is 8. The number of nitrogens with two attached hydrogens (primary N) is 1. The van der Waals surface area contributed by atoms with Crippen molar-refractivity contribution >= 4 is 18.0 Å². The van der Waals surface area contributed by atoms with E-state index in [4.69, 9.17) is 10.5 Å². The Morgan fingerprint density at radius 2 is 2.30 bits per heavy atom. The fourth-order valence-electron chi connectivity index (χ4n) is 1.98. The van der Waals surface area contributed by atoms with Gasteiger partial charge in [0, 0.05) is 13.1 Å². The molecule has 0 aromatic carbocycles. The van der Waals surface area contributed by atoms with Gasteiger partial charge in [-0.15, -0.1) is 0 Å². The van der Waals surface area contributed by atoms with Crippen molar-refractivity contribution in [3.05, 3.63) is 0 Å². The first-order valence-corrected chi connectivity index (χ1v) is 6.36. The number of ether oxygens (including phenoxy) is 2. The van der Waals surface area contributed by atoms with E-state index in [0.717, 1.165) is 6.42 Å². The third kappa shape index (κ3) is 3.37. The minimum Gasteiger partial charge on any atom is -0.464 e. The second-order valence-corrected chi connectivity index (χ2v) is 4.28. The zero-order chi connectivity index (χ0) is 14.5. The highest BCUT2D eigenvalue weighted by atomic mass is 16.5. The molecule has 20 heavy (non-hydrogen) atoms. The summed E-state index contributed by atoms with van der Waals surface area (Å²) in [7, 11) is 1.34. The molecule has 1 atom stereocenters. The van der Waals surface area contributed by atoms with Gasteiger partial charge in [-0.25, -0.2) is 4.79 Å². The Bertz CT molecular complexity index is 483. The highest BCUT2D eigenvalue weighted by Gasteiger charge is 2.26. The van der Waals surface area contributed by atoms with E-state index < -0.39 is 6.09 Å². The molecule has 0 bridgehead atoms. The second-order valence-electron chi connectivity index (χ2n) is 4.28. The number of methoxy groups -OCH3 is 1. The van der Waals surface area contributed by atoms with Crippen LogP contribution in [0.3, 0.4) is 0 Å². The lowest BCUT2D eigenvalue weighted by atomic mass is 10.3. The van der Waals surface area contributed by atoms with E-state index in [-0.39, 0.29) is 18.0 Å². The Labute approximate surface area is 116 Å². The minimum atomic E-state index is -0.443. The van der Waals surface area contributed by atoms with E-state index in [1.807, 2.05) is 11.8 Å². The first-order valence-electron chi connectivity index (χ1n) is 6.36. The van der Waals surface area contributed by atoms with Gasteiger partial charge < -0.3 is 25.4 Å². The molecule has 0 saturated carbocycles. The lowest BCUT2D eigenvalue weighted by Gasteiger charge is -2.17. The van der Waals surface area contributed by atoms with E-state index >= 15 is 0 Å². The number of rotatable bonds is 4. The average Bonchev–Trinajstić information content (AvgIpc) is 2.87. The smallest absolute Gasteiger partial charge is 0.407 e. The van der Waals surface area contributed by atoms with Crippen LogP contribution in [0.5, 0.6) is 6.01 Å². The monoisotopic (exact) mass is 282 g/mol. The quantitative estimate of drug-likeness (QED) is 0.779. The molecule has 1 aliphatic rings. The first-order chi connectivity index (χ1) is 9.62. The number of nitrogens with zero attached hydrogens (tertiary/aromatic N) is 4. The van der Waals surface area contributed by atoms with Gasteiger partial charge in [0.1, 0.15) is 0 Å². The molecule has 2 heterocycles. The van der Waals surface area contributed by atoms with E-state index in [1.54, 1.807) is 0 Å². The van der Waals surface area contributed by atoms with Crippen LogP contribution in [-0.4, -0.2) is 53.9 Å². The van der Waals surface area contributed by atoms with Gasteiger partial charge in [-0.3, -0.25) is 0 Å². The van der Waals surface area contributed by atoms with Crippen molar-refractivity contribution in [2.24, 2.45) is 0 Å². The van der Waals surface area contributed by atoms with Gasteiger partial charge in [-0.2, -0.15) is 15.0 Å². The number of anilines is 2. The number of carbonyl (C=O) groups is 1. The number of nitrogens with one attached hydrogen (secondary N) is 1. The predicted molar refractivity (Wildman–Crippen MR) is 71.6 cm³/mol. The number of aromatic nitrogens is 3. The number of nitrogen functional groups attached to an aromatic ring is 1. The summed E-state index contributed by atoms with van der Waals surface area (Å²) in [6.45, 7) is 3.59. The van der Waals surface area contributed by atoms with Crippen molar-refractivity contribution in [1.29, 1.82) is 0 Å². The van der Waals surface area contributed by atoms with Crippen molar-refractivity contribution in [1.82, 2.24) is 20.3 Å². The molecule has 0 aliphatic carbocycles. The molecule has 3 N–H and O–H groups in total. The van der Waals surface area contributed by atoms with Crippen LogP contribution in [-0.2, 0) is 4.74 Å². The summed E-state index contributed by atoms with van der Waals surface area (Å²) in [6.07, 6.45) is 0.340. The summed E-state index contributed by atoms with van der Waals surface area (Å²) < 4.78 is 9.81. The summed E-state index contributed by atoms with van der Waals surface area (Å²) in [5, 5.41) is 2.75. The summed E-state index contributed by atoms with van der Waals surface area (Å²) in [4.78, 5) is 25.3. The van der Waals surface area contributed by atoms with Gasteiger partial charge >= 0.3 is 12.1 Å². The van der Waals surface area contributed by atoms with Gasteiger partial charge in [0.25, 0.3) is 0 Å². The van der Waals surface area contributed by atoms with Gasteiger partial charge in [0.15, 0.2) is 0 Å². The van der Waals surface area contributed by atoms with E-state index in [2.05, 4.69) is 25.0 Å². The maximum atomic E-state index is 11.2. The molecule has 9 heteroatoms. The highest BCUT2D eigenvalue weighted by molar-refractivity contribution is 5.67. The Morgan fingerprint density at radius 3 is 3.00 bits per heavy atom. The van der Waals surface area contributed by atoms with Crippen LogP contribution in [0.25, 0.3) is 0 Å². The molecule has 0 spiro atoms. The molecule has 1 aliphatic heterocycles. The Balaban J connectivity index is 2.04. The van der Waals surface area contributed by atoms with Crippen LogP contribution in [0, 0.1) is 0 Å². The molecular formula is C11H18N6O3. The molecule has 0 radical (unpaired) electrons. The van der Waals surface area contributed by atoms with Crippen LogP contribution >= 0.6 is 0 Å². The summed E-state index contributed by atoms with van der Waals surface area (Å²) in [5.74, 6) is 0.568. The first kappa shape index (κ1) is 14.1. The molecule has 9 nitrogen and oxygen atoms in total. The molecule has 1 aromatic rings. The summed E-state index contributed by atoms with van der Waals surface area (Å²) >= 11 is 0. The van der Waals surface area contributed by atoms with Gasteiger partial charge in [0.2, 0.25) is 11.9 Å². The molecular weight excluding hydrogens is 264 g/mol. The lowest BCUT2D eigenvalue weighted by Crippen LogP contribution is -2.37. The third-order valence-electron chi connectivity index (χ3n) is 2.87. The van der Waals surface area contributed by atoms with E-state index in [1.165, 1.54) is 7.11 Å². The normalized spacial score (nSPS) is 17.9. The maximum absolute atomic E-state index is 11.2. The second kappa shape index (κ2) is 6.22. The number of amides is 1. The van der Waals surface area contributed by atoms with Crippen LogP contribution in [0.4, 0.5) is 16.7 Å². The van der Waals surface area contributed by atoms with Crippen molar-refractivity contribution in [2.45, 2.75) is 19.4 Å². The number of carbonyl (C=O) groups excluding carboxylic acids is 1. The standard InChI is InChI=1S/C11H18N6O3/c1-3-20-10-15-8(12)14-9(16-10)17-5-4-7(6-17)13-11(18)19-2/h7H,3-6H2,1-2H3,(H,13,18)(H2,12,14,15,16). The van der Waals surface area contributed by atoms with Crippen LogP contribution in [0.15, 0.2) is 0 Å². The van der Waals surface area contributed by atoms with Gasteiger partial charge in [-0.05, 0) is 13.3 Å². The van der Waals surface area contributed by atoms with Crippen LogP contribution in [0.1, 0.15) is 13.3 Å². The fourth-order valence-corrected chi connectivity index (χ4v) is 1.98. The van der Waals surface area contributed by atoms with Crippen LogP contribution < -0.4 is 20.7 Å². The highest BCUT2D eigenvalue weighted by Crippen LogP contribution is 2.19. The summed E-state index contributed by atoms with van der Waals surface area (Å²) in [5.41, 5.74) is 5.64. The number of hydrogen-bond donors (Lipinski definition) is 2. The van der Waals surface area contributed by atoms with Crippen molar-refractivity contribution in [3.8, 4) is 6.01 Å². The summed E-state index contributed by atoms with van der Waals surface area (Å²) in [6, 6.07) is 0.204. The fraction of sp³-hybridized carbons (Fsp3) is 0.636. The molecule has 1 aromatic heterocycles. The Kier molecular flexibility index (Phi) is 4.38. The molecule has 1 amide bonds. The van der Waals surface area contributed by atoms with Crippen molar-refractivity contribution in [3.63, 3.8) is 0 Å². The SMILES string of the molecule is CCOc1nc(N)nc(N2CCC(NC(=O)OC)C2)n1. The molecule has 2 rings (SSSR count). The largest absolute Gasteiger partial charge is 0.464 e. The zero-order valence-electron chi connectivity index (χ0n) is 11.5. The van der Waals surface area contributed by atoms with Crippen molar-refractivity contribution in [2.75, 3.05) is 37.4 Å². The minimum absolute atomic E-state index is 0.00372. The number of alkyl carbamates (subject to hydrolysis) is 1. The zero-order valence-corrected chi connectivity index (χ0v) is 11.5. The molecule has 1 fully saturated rings. The lowest BCUT2D eigenvalue weighted by molar-refractivity contribution is 0.167. The average molecular weight is 282 g/mol. The maximum Gasteiger partial charge on any atom is 0.407 e. The third-order valence-corrected chi connectivity index (χ3v) is 2.87. The predicted octanol–water partition coefficient (Wildman–Crippen LogP) is -0.213. The molecule has 110 valence electrons. The van der Waals surface area contributed by atoms with E-state index in [9.17, 15) is 4.79 Å². The van der Waals surface area contributed by atoms with Crippen molar-refractivity contribution < 1.29 is 14.3 Å². The van der Waals surface area contributed by atoms with Gasteiger partial charge in [0.05, 0.1) is 19.8 Å². The molecule has 1 unspecified atom stereocenters. The Hall–Kier alpha value is -2.32. The van der Waals surface area contributed by atoms with E-state index in [0.29, 0.717) is 25.6 Å². The molecule has 1 saturated heterocycles. The Morgan fingerprint density at radius 1 is 1.50 bits per heavy atom. The van der Waals surface area contributed by atoms with Crippen LogP contribution in [0.2, 0.25) is 0 Å².